The monoisotopic (exact) mass is 641 g/mol. The highest BCUT2D eigenvalue weighted by atomic mass is 32.3. The second kappa shape index (κ2) is 11.9. The van der Waals surface area contributed by atoms with Crippen LogP contribution in [0, 0.1) is 0 Å². The average Bonchev–Trinajstić information content (AvgIpc) is 3.75. The Morgan fingerprint density at radius 3 is 1.93 bits per heavy atom. The molecule has 2 aliphatic rings. The van der Waals surface area contributed by atoms with E-state index in [0.717, 1.165) is 11.2 Å². The predicted octanol–water partition coefficient (Wildman–Crippen LogP) is 3.10. The number of nitrogens with zero attached hydrogens (tertiary/aromatic N) is 5. The fourth-order valence-corrected chi connectivity index (χ4v) is 6.32. The van der Waals surface area contributed by atoms with Gasteiger partial charge in [-0.25, -0.2) is 33.0 Å². The Hall–Kier alpha value is -5.35. The van der Waals surface area contributed by atoms with Crippen LogP contribution in [0.2, 0.25) is 0 Å². The molecule has 0 bridgehead atoms. The summed E-state index contributed by atoms with van der Waals surface area (Å²) >= 11 is 0. The molecule has 3 aromatic carbocycles. The minimum absolute atomic E-state index is 0.0527. The second-order valence-corrected chi connectivity index (χ2v) is 11.5. The molecule has 4 heterocycles. The maximum absolute atomic E-state index is 13.8. The highest BCUT2D eigenvalue weighted by molar-refractivity contribution is 7.82. The lowest BCUT2D eigenvalue weighted by Gasteiger charge is -2.21. The van der Waals surface area contributed by atoms with Crippen molar-refractivity contribution in [2.75, 3.05) is 11.5 Å². The van der Waals surface area contributed by atoms with Gasteiger partial charge in [0.1, 0.15) is 25.1 Å². The molecule has 0 aliphatic carbocycles. The standard InChI is InChI=1S/C31H23N5O9S/c37-28(19-10-4-1-5-11-19)36(29(38)20-12-6-2-7-13-20)27-23-26(32-17-33-27)35(18-34-23)30-25-24(44-46(40,41)45-25)22(43-30)16-42-31(39)21-14-8-3-9-15-21/h1-15,17-18,22,24-25,30H,16H2/t22-,24-,25-,30+/m1/s1. The van der Waals surface area contributed by atoms with Gasteiger partial charge in [0.2, 0.25) is 0 Å². The fraction of sp³-hybridized carbons (Fsp3) is 0.161. The van der Waals surface area contributed by atoms with Crippen molar-refractivity contribution in [3.8, 4) is 0 Å². The number of aromatic nitrogens is 4. The first-order chi connectivity index (χ1) is 22.3. The van der Waals surface area contributed by atoms with E-state index in [-0.39, 0.29) is 34.7 Å². The van der Waals surface area contributed by atoms with Crippen molar-refractivity contribution in [3.63, 3.8) is 0 Å². The molecule has 232 valence electrons. The Morgan fingerprint density at radius 2 is 1.33 bits per heavy atom. The molecule has 2 saturated heterocycles. The molecule has 14 nitrogen and oxygen atoms in total. The lowest BCUT2D eigenvalue weighted by Crippen LogP contribution is -2.38. The molecule has 4 atom stereocenters. The van der Waals surface area contributed by atoms with E-state index in [2.05, 4.69) is 15.0 Å². The zero-order valence-corrected chi connectivity index (χ0v) is 24.5. The van der Waals surface area contributed by atoms with Crippen LogP contribution in [-0.2, 0) is 28.2 Å². The zero-order chi connectivity index (χ0) is 31.8. The highest BCUT2D eigenvalue weighted by Crippen LogP contribution is 2.41. The SMILES string of the molecule is O=C(OC[C@H]1O[C@H](n2cnc3c(N(C(=O)c4ccccc4)C(=O)c4ccccc4)ncnc32)[C@@H]2OS(=O)(=O)O[C@@H]21)c1ccccc1. The van der Waals surface area contributed by atoms with Crippen LogP contribution in [-0.4, -0.2) is 70.6 Å². The van der Waals surface area contributed by atoms with Gasteiger partial charge in [0.15, 0.2) is 29.3 Å². The van der Waals surface area contributed by atoms with Crippen LogP contribution in [0.3, 0.4) is 0 Å². The quantitative estimate of drug-likeness (QED) is 0.188. The van der Waals surface area contributed by atoms with Crippen LogP contribution in [0.1, 0.15) is 37.3 Å². The van der Waals surface area contributed by atoms with Gasteiger partial charge in [0.25, 0.3) is 11.8 Å². The molecular formula is C31H23N5O9S. The van der Waals surface area contributed by atoms with Gasteiger partial charge >= 0.3 is 16.4 Å². The third kappa shape index (κ3) is 5.41. The number of ether oxygens (including phenoxy) is 2. The number of rotatable bonds is 7. The Labute approximate surface area is 261 Å². The summed E-state index contributed by atoms with van der Waals surface area (Å²) in [5.74, 6) is -2.05. The van der Waals surface area contributed by atoms with Crippen LogP contribution in [0.15, 0.2) is 104 Å². The molecule has 15 heteroatoms. The van der Waals surface area contributed by atoms with E-state index in [9.17, 15) is 22.8 Å². The number of esters is 1. The van der Waals surface area contributed by atoms with E-state index in [1.165, 1.54) is 10.9 Å². The summed E-state index contributed by atoms with van der Waals surface area (Å²) in [7, 11) is -4.40. The number of imide groups is 1. The van der Waals surface area contributed by atoms with Crippen molar-refractivity contribution >= 4 is 45.2 Å². The molecule has 7 rings (SSSR count). The molecule has 0 radical (unpaired) electrons. The average molecular weight is 642 g/mol. The van der Waals surface area contributed by atoms with Crippen LogP contribution < -0.4 is 4.90 Å². The van der Waals surface area contributed by atoms with E-state index in [1.807, 2.05) is 0 Å². The summed E-state index contributed by atoms with van der Waals surface area (Å²) < 4.78 is 48.0. The van der Waals surface area contributed by atoms with E-state index in [4.69, 9.17) is 17.8 Å². The van der Waals surface area contributed by atoms with Crippen LogP contribution in [0.4, 0.5) is 5.82 Å². The minimum Gasteiger partial charge on any atom is -0.459 e. The van der Waals surface area contributed by atoms with Gasteiger partial charge in [-0.1, -0.05) is 54.6 Å². The third-order valence-corrected chi connectivity index (χ3v) is 8.32. The molecule has 0 saturated carbocycles. The molecule has 46 heavy (non-hydrogen) atoms. The van der Waals surface area contributed by atoms with Gasteiger partial charge in [-0.15, -0.1) is 0 Å². The Morgan fingerprint density at radius 1 is 0.761 bits per heavy atom. The van der Waals surface area contributed by atoms with Gasteiger partial charge in [-0.2, -0.15) is 8.42 Å². The van der Waals surface area contributed by atoms with E-state index >= 15 is 0 Å². The molecule has 2 aliphatic heterocycles. The lowest BCUT2D eigenvalue weighted by molar-refractivity contribution is -0.0595. The van der Waals surface area contributed by atoms with Crippen molar-refractivity contribution < 1.29 is 40.6 Å². The molecule has 2 aromatic heterocycles. The molecule has 0 unspecified atom stereocenters. The van der Waals surface area contributed by atoms with Crippen molar-refractivity contribution in [2.24, 2.45) is 0 Å². The van der Waals surface area contributed by atoms with Crippen LogP contribution >= 0.6 is 0 Å². The molecule has 0 N–H and O–H groups in total. The molecular weight excluding hydrogens is 618 g/mol. The van der Waals surface area contributed by atoms with E-state index in [1.54, 1.807) is 91.0 Å². The smallest absolute Gasteiger partial charge is 0.400 e. The third-order valence-electron chi connectivity index (χ3n) is 7.40. The molecule has 5 aromatic rings. The molecule has 2 fully saturated rings. The number of hydrogen-bond donors (Lipinski definition) is 0. The number of imidazole rings is 1. The van der Waals surface area contributed by atoms with Gasteiger partial charge < -0.3 is 9.47 Å². The highest BCUT2D eigenvalue weighted by Gasteiger charge is 2.57. The van der Waals surface area contributed by atoms with Crippen LogP contribution in [0.25, 0.3) is 11.2 Å². The normalized spacial score (nSPS) is 21.5. The van der Waals surface area contributed by atoms with Crippen molar-refractivity contribution in [3.05, 3.63) is 120 Å². The maximum atomic E-state index is 13.8. The minimum atomic E-state index is -4.40. The van der Waals surface area contributed by atoms with Gasteiger partial charge in [-0.05, 0) is 36.4 Å². The fourth-order valence-electron chi connectivity index (χ4n) is 5.29. The van der Waals surface area contributed by atoms with Gasteiger partial charge in [0, 0.05) is 11.1 Å². The van der Waals surface area contributed by atoms with Crippen molar-refractivity contribution in [2.45, 2.75) is 24.5 Å². The topological polar surface area (TPSA) is 169 Å². The predicted molar refractivity (Wildman–Crippen MR) is 159 cm³/mol. The van der Waals surface area contributed by atoms with Gasteiger partial charge in [-0.3, -0.25) is 14.2 Å². The van der Waals surface area contributed by atoms with Crippen molar-refractivity contribution in [1.29, 1.82) is 0 Å². The molecule has 0 spiro atoms. The van der Waals surface area contributed by atoms with E-state index < -0.39 is 52.7 Å². The number of carbonyl (C=O) groups is 3. The number of anilines is 1. The Kier molecular flexibility index (Phi) is 7.58. The summed E-state index contributed by atoms with van der Waals surface area (Å²) in [6.07, 6.45) is -2.13. The van der Waals surface area contributed by atoms with E-state index in [0.29, 0.717) is 5.56 Å². The number of carbonyl (C=O) groups excluding carboxylic acids is 3. The number of fused-ring (bicyclic) bond motifs is 2. The van der Waals surface area contributed by atoms with Gasteiger partial charge in [0.05, 0.1) is 11.9 Å². The number of hydrogen-bond acceptors (Lipinski definition) is 12. The molecule has 2 amide bonds. The number of benzene rings is 3. The maximum Gasteiger partial charge on any atom is 0.400 e. The number of amides is 2. The first-order valence-electron chi connectivity index (χ1n) is 14.0. The Balaban J connectivity index is 1.24. The summed E-state index contributed by atoms with van der Waals surface area (Å²) in [6, 6.07) is 24.7. The lowest BCUT2D eigenvalue weighted by atomic mass is 10.1. The largest absolute Gasteiger partial charge is 0.459 e. The zero-order valence-electron chi connectivity index (χ0n) is 23.7. The first kappa shape index (κ1) is 29.4. The second-order valence-electron chi connectivity index (χ2n) is 10.3. The summed E-state index contributed by atoms with van der Waals surface area (Å²) in [4.78, 5) is 54.1. The first-order valence-corrected chi connectivity index (χ1v) is 15.3. The summed E-state index contributed by atoms with van der Waals surface area (Å²) in [5.41, 5.74) is 0.922. The summed E-state index contributed by atoms with van der Waals surface area (Å²) in [6.45, 7) is -0.345. The Bertz CT molecular complexity index is 1990. The van der Waals surface area contributed by atoms with Crippen molar-refractivity contribution in [1.82, 2.24) is 19.5 Å². The van der Waals surface area contributed by atoms with Crippen LogP contribution in [0.5, 0.6) is 0 Å². The summed E-state index contributed by atoms with van der Waals surface area (Å²) in [5, 5.41) is 0.